The second-order valence-electron chi connectivity index (χ2n) is 6.46. The molecule has 1 aliphatic carbocycles. The number of benzene rings is 1. The van der Waals surface area contributed by atoms with E-state index in [0.717, 1.165) is 37.8 Å². The highest BCUT2D eigenvalue weighted by Crippen LogP contribution is 2.24. The van der Waals surface area contributed by atoms with Crippen LogP contribution >= 0.6 is 0 Å². The topological polar surface area (TPSA) is 79.5 Å². The van der Waals surface area contributed by atoms with Crippen molar-refractivity contribution in [1.29, 1.82) is 0 Å². The lowest BCUT2D eigenvalue weighted by Crippen LogP contribution is -2.43. The Hall–Kier alpha value is -2.45. The molecule has 0 unspecified atom stereocenters. The third-order valence-corrected chi connectivity index (χ3v) is 4.18. The molecule has 1 saturated carbocycles. The molecule has 0 aromatic heterocycles. The van der Waals surface area contributed by atoms with Crippen molar-refractivity contribution in [2.45, 2.75) is 57.3 Å². The van der Waals surface area contributed by atoms with E-state index in [1.54, 1.807) is 0 Å². The second kappa shape index (κ2) is 10.0. The Morgan fingerprint density at radius 1 is 1.07 bits per heavy atom. The van der Waals surface area contributed by atoms with Crippen LogP contribution in [0.15, 0.2) is 24.3 Å². The van der Waals surface area contributed by atoms with Gasteiger partial charge in [-0.05, 0) is 43.5 Å². The van der Waals surface area contributed by atoms with Gasteiger partial charge in [0.2, 0.25) is 5.91 Å². The van der Waals surface area contributed by atoms with Crippen molar-refractivity contribution >= 4 is 17.6 Å². The molecule has 6 nitrogen and oxygen atoms in total. The Morgan fingerprint density at radius 3 is 2.37 bits per heavy atom. The number of rotatable bonds is 7. The van der Waals surface area contributed by atoms with Crippen LogP contribution in [0.25, 0.3) is 0 Å². The fourth-order valence-electron chi connectivity index (χ4n) is 2.90. The van der Waals surface area contributed by atoms with Crippen molar-refractivity contribution in [3.63, 3.8) is 0 Å². The molecule has 150 valence electrons. The molecule has 0 spiro atoms. The van der Waals surface area contributed by atoms with E-state index in [1.807, 2.05) is 0 Å². The van der Waals surface area contributed by atoms with E-state index in [4.69, 9.17) is 0 Å². The van der Waals surface area contributed by atoms with Crippen molar-refractivity contribution in [2.75, 3.05) is 11.9 Å². The van der Waals surface area contributed by atoms with E-state index in [-0.39, 0.29) is 30.2 Å². The lowest BCUT2D eigenvalue weighted by molar-refractivity contribution is -0.274. The molecule has 1 aromatic rings. The van der Waals surface area contributed by atoms with Crippen LogP contribution in [0.4, 0.5) is 23.7 Å². The van der Waals surface area contributed by atoms with Crippen LogP contribution in [0.5, 0.6) is 5.75 Å². The molecule has 0 saturated heterocycles. The van der Waals surface area contributed by atoms with Gasteiger partial charge in [0, 0.05) is 24.7 Å². The van der Waals surface area contributed by atoms with Gasteiger partial charge in [0.25, 0.3) is 0 Å². The summed E-state index contributed by atoms with van der Waals surface area (Å²) in [5.41, 5.74) is 0.373. The first-order valence-corrected chi connectivity index (χ1v) is 9.02. The number of halogens is 3. The minimum absolute atomic E-state index is 0.185. The van der Waals surface area contributed by atoms with Crippen LogP contribution in [0, 0.1) is 0 Å². The monoisotopic (exact) mass is 387 g/mol. The molecular weight excluding hydrogens is 363 g/mol. The number of carbonyl (C=O) groups is 2. The van der Waals surface area contributed by atoms with Gasteiger partial charge in [-0.3, -0.25) is 4.79 Å². The third-order valence-electron chi connectivity index (χ3n) is 4.18. The molecule has 27 heavy (non-hydrogen) atoms. The molecule has 1 fully saturated rings. The van der Waals surface area contributed by atoms with E-state index in [2.05, 4.69) is 20.7 Å². The molecule has 0 bridgehead atoms. The van der Waals surface area contributed by atoms with Crippen LogP contribution in [0.2, 0.25) is 0 Å². The number of ether oxygens (including phenoxy) is 1. The zero-order valence-electron chi connectivity index (χ0n) is 14.9. The first-order chi connectivity index (χ1) is 12.8. The zero-order valence-corrected chi connectivity index (χ0v) is 14.9. The highest BCUT2D eigenvalue weighted by Gasteiger charge is 2.30. The van der Waals surface area contributed by atoms with Gasteiger partial charge in [0.1, 0.15) is 5.75 Å². The fraction of sp³-hybridized carbons (Fsp3) is 0.556. The molecule has 0 aliphatic heterocycles. The Balaban J connectivity index is 1.61. The third kappa shape index (κ3) is 8.65. The summed E-state index contributed by atoms with van der Waals surface area (Å²) >= 11 is 0. The molecule has 1 aliphatic rings. The van der Waals surface area contributed by atoms with E-state index in [9.17, 15) is 22.8 Å². The van der Waals surface area contributed by atoms with Gasteiger partial charge >= 0.3 is 12.4 Å². The number of nitrogens with one attached hydrogen (secondary N) is 3. The summed E-state index contributed by atoms with van der Waals surface area (Å²) in [5, 5.41) is 8.23. The van der Waals surface area contributed by atoms with Crippen LogP contribution in [0.1, 0.15) is 44.9 Å². The van der Waals surface area contributed by atoms with Gasteiger partial charge in [-0.15, -0.1) is 13.2 Å². The number of hydrogen-bond donors (Lipinski definition) is 3. The largest absolute Gasteiger partial charge is 0.573 e. The minimum atomic E-state index is -4.75. The number of urea groups is 1. The van der Waals surface area contributed by atoms with Gasteiger partial charge < -0.3 is 20.7 Å². The highest BCUT2D eigenvalue weighted by atomic mass is 19.4. The summed E-state index contributed by atoms with van der Waals surface area (Å²) in [6.45, 7) is 0.365. The van der Waals surface area contributed by atoms with Gasteiger partial charge in [0.15, 0.2) is 0 Å². The Morgan fingerprint density at radius 2 is 1.74 bits per heavy atom. The molecule has 9 heteroatoms. The van der Waals surface area contributed by atoms with E-state index >= 15 is 0 Å². The molecule has 3 amide bonds. The van der Waals surface area contributed by atoms with Crippen molar-refractivity contribution in [2.24, 2.45) is 0 Å². The Labute approximate surface area is 155 Å². The highest BCUT2D eigenvalue weighted by molar-refractivity contribution is 5.90. The first kappa shape index (κ1) is 20.9. The molecular formula is C18H24F3N3O3. The zero-order chi connectivity index (χ0) is 19.7. The van der Waals surface area contributed by atoms with Gasteiger partial charge in [-0.25, -0.2) is 4.79 Å². The predicted octanol–water partition coefficient (Wildman–Crippen LogP) is 3.94. The lowest BCUT2D eigenvalue weighted by Gasteiger charge is -2.22. The van der Waals surface area contributed by atoms with Crippen molar-refractivity contribution in [3.8, 4) is 5.75 Å². The normalized spacial score (nSPS) is 15.1. The second-order valence-corrected chi connectivity index (χ2v) is 6.46. The Kier molecular flexibility index (Phi) is 7.75. The molecule has 0 atom stereocenters. The SMILES string of the molecule is O=C(CCCNC(=O)NC1CCCCC1)Nc1ccc(OC(F)(F)F)cc1. The standard InChI is InChI=1S/C18H24F3N3O3/c19-18(20,21)27-15-10-8-14(9-11-15)23-16(25)7-4-12-22-17(26)24-13-5-2-1-3-6-13/h8-11,13H,1-7,12H2,(H,23,25)(H2,22,24,26). The van der Waals surface area contributed by atoms with Crippen LogP contribution < -0.4 is 20.7 Å². The summed E-state index contributed by atoms with van der Waals surface area (Å²) in [4.78, 5) is 23.6. The average molecular weight is 387 g/mol. The molecule has 0 heterocycles. The summed E-state index contributed by atoms with van der Waals surface area (Å²) < 4.78 is 40.0. The summed E-state index contributed by atoms with van der Waals surface area (Å²) in [7, 11) is 0. The van der Waals surface area contributed by atoms with Crippen LogP contribution in [-0.4, -0.2) is 30.9 Å². The quantitative estimate of drug-likeness (QED) is 0.620. The lowest BCUT2D eigenvalue weighted by atomic mass is 9.96. The maximum Gasteiger partial charge on any atom is 0.573 e. The molecule has 1 aromatic carbocycles. The number of anilines is 1. The summed E-state index contributed by atoms with van der Waals surface area (Å²) in [6.07, 6.45) is 1.38. The maximum atomic E-state index is 12.1. The number of carbonyl (C=O) groups excluding carboxylic acids is 2. The smallest absolute Gasteiger partial charge is 0.406 e. The van der Waals surface area contributed by atoms with Crippen molar-refractivity contribution in [1.82, 2.24) is 10.6 Å². The van der Waals surface area contributed by atoms with E-state index in [1.165, 1.54) is 18.6 Å². The summed E-state index contributed by atoms with van der Waals surface area (Å²) in [6, 6.07) is 4.92. The predicted molar refractivity (Wildman–Crippen MR) is 94.4 cm³/mol. The van der Waals surface area contributed by atoms with Gasteiger partial charge in [-0.1, -0.05) is 19.3 Å². The Bertz CT molecular complexity index is 615. The molecule has 2 rings (SSSR count). The maximum absolute atomic E-state index is 12.1. The number of amides is 3. The first-order valence-electron chi connectivity index (χ1n) is 9.02. The van der Waals surface area contributed by atoms with Crippen LogP contribution in [0.3, 0.4) is 0 Å². The summed E-state index contributed by atoms with van der Waals surface area (Å²) in [5.74, 6) is -0.636. The number of alkyl halides is 3. The van der Waals surface area contributed by atoms with Crippen LogP contribution in [-0.2, 0) is 4.79 Å². The fourth-order valence-corrected chi connectivity index (χ4v) is 2.90. The number of hydrogen-bond acceptors (Lipinski definition) is 3. The van der Waals surface area contributed by atoms with Crippen molar-refractivity contribution in [3.05, 3.63) is 24.3 Å². The minimum Gasteiger partial charge on any atom is -0.406 e. The van der Waals surface area contributed by atoms with Gasteiger partial charge in [0.05, 0.1) is 0 Å². The van der Waals surface area contributed by atoms with E-state index in [0.29, 0.717) is 18.7 Å². The van der Waals surface area contributed by atoms with E-state index < -0.39 is 6.36 Å². The molecule has 3 N–H and O–H groups in total. The van der Waals surface area contributed by atoms with Gasteiger partial charge in [-0.2, -0.15) is 0 Å². The molecule has 0 radical (unpaired) electrons. The van der Waals surface area contributed by atoms with Crippen molar-refractivity contribution < 1.29 is 27.5 Å². The average Bonchev–Trinajstić information content (AvgIpc) is 2.60.